The number of carbonyl (C=O) groups is 1. The Hall–Kier alpha value is -4.02. The summed E-state index contributed by atoms with van der Waals surface area (Å²) in [5, 5.41) is 14.4. The van der Waals surface area contributed by atoms with E-state index in [9.17, 15) is 9.90 Å². The fraction of sp³-hybridized carbons (Fsp3) is 0.250. The van der Waals surface area contributed by atoms with Gasteiger partial charge in [0.25, 0.3) is 0 Å². The molecule has 4 aromatic rings. The molecule has 0 amide bonds. The van der Waals surface area contributed by atoms with Gasteiger partial charge in [-0.3, -0.25) is 0 Å². The maximum absolute atomic E-state index is 12.8. The third-order valence-electron chi connectivity index (χ3n) is 8.91. The molecule has 1 spiro atoms. The molecule has 0 aliphatic heterocycles. The van der Waals surface area contributed by atoms with Crippen LogP contribution in [0.2, 0.25) is 5.02 Å². The van der Waals surface area contributed by atoms with Crippen LogP contribution in [0.1, 0.15) is 48.3 Å². The van der Waals surface area contributed by atoms with Crippen LogP contribution in [0.15, 0.2) is 121 Å². The number of nitrogens with one attached hydrogen (secondary N) is 1. The second-order valence-electron chi connectivity index (χ2n) is 11.3. The first kappa shape index (κ1) is 27.2. The van der Waals surface area contributed by atoms with Gasteiger partial charge in [0.1, 0.15) is 11.3 Å². The van der Waals surface area contributed by atoms with E-state index in [1.807, 2.05) is 48.5 Å². The SMILES string of the molecule is O=C(O)C1(Nc2cccc(Cl)c2)CCC2(CC1)/C(=C/[C@@H](COc1ccccc1)c1ccccc1)Cc1ccccc12. The summed E-state index contributed by atoms with van der Waals surface area (Å²) in [6.07, 6.45) is 5.80. The molecule has 6 rings (SSSR count). The highest BCUT2D eigenvalue weighted by Gasteiger charge is 2.52. The molecular formula is C36H34ClNO3. The number of benzene rings is 4. The van der Waals surface area contributed by atoms with E-state index in [2.05, 4.69) is 59.9 Å². The van der Waals surface area contributed by atoms with E-state index in [0.29, 0.717) is 24.5 Å². The number of carboxylic acids is 1. The Bertz CT molecular complexity index is 1540. The molecule has 4 aromatic carbocycles. The van der Waals surface area contributed by atoms with Crippen LogP contribution in [-0.2, 0) is 16.6 Å². The molecule has 5 heteroatoms. The van der Waals surface area contributed by atoms with Crippen molar-refractivity contribution in [3.05, 3.63) is 143 Å². The van der Waals surface area contributed by atoms with Crippen molar-refractivity contribution in [3.8, 4) is 5.75 Å². The smallest absolute Gasteiger partial charge is 0.329 e. The van der Waals surface area contributed by atoms with Gasteiger partial charge in [0, 0.05) is 22.0 Å². The van der Waals surface area contributed by atoms with Crippen molar-refractivity contribution in [1.82, 2.24) is 0 Å². The van der Waals surface area contributed by atoms with Gasteiger partial charge in [-0.05, 0) is 79.1 Å². The van der Waals surface area contributed by atoms with E-state index in [1.54, 1.807) is 12.1 Å². The number of carboxylic acid groups (broad SMARTS) is 1. The first-order valence-corrected chi connectivity index (χ1v) is 14.6. The van der Waals surface area contributed by atoms with Crippen molar-refractivity contribution >= 4 is 23.3 Å². The summed E-state index contributed by atoms with van der Waals surface area (Å²) in [5.41, 5.74) is 4.73. The number of para-hydroxylation sites is 1. The number of halogens is 1. The maximum Gasteiger partial charge on any atom is 0.329 e. The van der Waals surface area contributed by atoms with E-state index in [0.717, 1.165) is 30.7 Å². The molecule has 1 saturated carbocycles. The molecule has 1 atom stereocenters. The zero-order valence-corrected chi connectivity index (χ0v) is 23.7. The van der Waals surface area contributed by atoms with Crippen molar-refractivity contribution in [2.45, 2.75) is 49.0 Å². The Morgan fingerprint density at radius 3 is 2.27 bits per heavy atom. The number of ether oxygens (including phenoxy) is 1. The minimum absolute atomic E-state index is 0.0633. The number of hydrogen-bond acceptors (Lipinski definition) is 3. The van der Waals surface area contributed by atoms with Gasteiger partial charge in [-0.25, -0.2) is 4.79 Å². The quantitative estimate of drug-likeness (QED) is 0.211. The molecule has 208 valence electrons. The lowest BCUT2D eigenvalue weighted by molar-refractivity contribution is -0.143. The second-order valence-corrected chi connectivity index (χ2v) is 11.7. The molecule has 0 aromatic heterocycles. The van der Waals surface area contributed by atoms with Crippen molar-refractivity contribution < 1.29 is 14.6 Å². The molecule has 2 aliphatic carbocycles. The Morgan fingerprint density at radius 2 is 1.56 bits per heavy atom. The monoisotopic (exact) mass is 563 g/mol. The summed E-state index contributed by atoms with van der Waals surface area (Å²) in [7, 11) is 0. The summed E-state index contributed by atoms with van der Waals surface area (Å²) in [5.74, 6) is 0.100. The van der Waals surface area contributed by atoms with Gasteiger partial charge in [0.05, 0.1) is 6.61 Å². The first-order chi connectivity index (χ1) is 20.0. The molecule has 0 radical (unpaired) electrons. The standard InChI is InChI=1S/C36H34ClNO3/c37-30-13-9-14-31(24-30)38-36(34(39)40)20-18-35(19-21-36)29(22-27-12-7-8-17-33(27)35)23-28(26-10-3-1-4-11-26)25-41-32-15-5-2-6-16-32/h1-17,23-24,28,38H,18-22,25H2,(H,39,40)/b29-23+/t28-,35?,36?/m0/s1. The zero-order chi connectivity index (χ0) is 28.3. The lowest BCUT2D eigenvalue weighted by Gasteiger charge is -2.45. The van der Waals surface area contributed by atoms with Crippen LogP contribution in [-0.4, -0.2) is 23.2 Å². The van der Waals surface area contributed by atoms with Crippen LogP contribution < -0.4 is 10.1 Å². The van der Waals surface area contributed by atoms with E-state index in [4.69, 9.17) is 16.3 Å². The summed E-state index contributed by atoms with van der Waals surface area (Å²) in [6.45, 7) is 0.527. The number of hydrogen-bond donors (Lipinski definition) is 2. The Morgan fingerprint density at radius 1 is 0.878 bits per heavy atom. The Balaban J connectivity index is 1.34. The minimum Gasteiger partial charge on any atom is -0.493 e. The van der Waals surface area contributed by atoms with Crippen molar-refractivity contribution in [1.29, 1.82) is 0 Å². The number of allylic oxidation sites excluding steroid dienone is 1. The molecule has 0 bridgehead atoms. The summed E-state index contributed by atoms with van der Waals surface area (Å²) < 4.78 is 6.28. The highest BCUT2D eigenvalue weighted by molar-refractivity contribution is 6.30. The molecule has 1 fully saturated rings. The summed E-state index contributed by atoms with van der Waals surface area (Å²) in [6, 6.07) is 36.5. The largest absolute Gasteiger partial charge is 0.493 e. The van der Waals surface area contributed by atoms with Crippen LogP contribution in [0.25, 0.3) is 0 Å². The Labute approximate surface area is 246 Å². The normalized spacial score (nSPS) is 23.2. The zero-order valence-electron chi connectivity index (χ0n) is 22.9. The van der Waals surface area contributed by atoms with E-state index < -0.39 is 11.5 Å². The number of aliphatic carboxylic acids is 1. The van der Waals surface area contributed by atoms with Gasteiger partial charge in [0.15, 0.2) is 0 Å². The lowest BCUT2D eigenvalue weighted by Crippen LogP contribution is -2.52. The second kappa shape index (κ2) is 11.5. The lowest BCUT2D eigenvalue weighted by atomic mass is 9.62. The topological polar surface area (TPSA) is 58.6 Å². The average Bonchev–Trinajstić information content (AvgIpc) is 3.30. The molecule has 2 N–H and O–H groups in total. The third-order valence-corrected chi connectivity index (χ3v) is 9.14. The van der Waals surface area contributed by atoms with Crippen LogP contribution in [0.4, 0.5) is 5.69 Å². The van der Waals surface area contributed by atoms with Crippen LogP contribution in [0.5, 0.6) is 5.75 Å². The van der Waals surface area contributed by atoms with Crippen molar-refractivity contribution in [2.24, 2.45) is 0 Å². The van der Waals surface area contributed by atoms with Crippen LogP contribution >= 0.6 is 11.6 Å². The van der Waals surface area contributed by atoms with Crippen molar-refractivity contribution in [2.75, 3.05) is 11.9 Å². The minimum atomic E-state index is -1.05. The Kier molecular flexibility index (Phi) is 7.59. The van der Waals surface area contributed by atoms with Crippen LogP contribution in [0, 0.1) is 0 Å². The fourth-order valence-corrected chi connectivity index (χ4v) is 6.91. The van der Waals surface area contributed by atoms with E-state index >= 15 is 0 Å². The maximum atomic E-state index is 12.8. The van der Waals surface area contributed by atoms with Crippen LogP contribution in [0.3, 0.4) is 0 Å². The van der Waals surface area contributed by atoms with Crippen molar-refractivity contribution in [3.63, 3.8) is 0 Å². The van der Waals surface area contributed by atoms with Gasteiger partial charge in [-0.2, -0.15) is 0 Å². The van der Waals surface area contributed by atoms with E-state index in [-0.39, 0.29) is 11.3 Å². The number of fused-ring (bicyclic) bond motifs is 2. The molecule has 2 aliphatic rings. The molecule has 4 nitrogen and oxygen atoms in total. The highest BCUT2D eigenvalue weighted by Crippen LogP contribution is 2.55. The fourth-order valence-electron chi connectivity index (χ4n) is 6.72. The molecular weight excluding hydrogens is 530 g/mol. The van der Waals surface area contributed by atoms with Gasteiger partial charge < -0.3 is 15.2 Å². The summed E-state index contributed by atoms with van der Waals surface area (Å²) >= 11 is 6.22. The predicted molar refractivity (Wildman–Crippen MR) is 165 cm³/mol. The third kappa shape index (κ3) is 5.49. The average molecular weight is 564 g/mol. The molecule has 0 unspecified atom stereocenters. The van der Waals surface area contributed by atoms with Gasteiger partial charge in [0.2, 0.25) is 0 Å². The van der Waals surface area contributed by atoms with Gasteiger partial charge in [-0.1, -0.05) is 102 Å². The first-order valence-electron chi connectivity index (χ1n) is 14.3. The highest BCUT2D eigenvalue weighted by atomic mass is 35.5. The molecule has 0 saturated heterocycles. The van der Waals surface area contributed by atoms with Gasteiger partial charge >= 0.3 is 5.97 Å². The predicted octanol–water partition coefficient (Wildman–Crippen LogP) is 8.43. The molecule has 41 heavy (non-hydrogen) atoms. The summed E-state index contributed by atoms with van der Waals surface area (Å²) in [4.78, 5) is 12.8. The van der Waals surface area contributed by atoms with Gasteiger partial charge in [-0.15, -0.1) is 0 Å². The number of anilines is 1. The number of rotatable bonds is 8. The molecule has 0 heterocycles. The van der Waals surface area contributed by atoms with E-state index in [1.165, 1.54) is 22.3 Å².